The molecule has 0 aliphatic rings. The zero-order chi connectivity index (χ0) is 15.2. The summed E-state index contributed by atoms with van der Waals surface area (Å²) < 4.78 is 0. The van der Waals surface area contributed by atoms with Crippen molar-refractivity contribution in [1.29, 1.82) is 0 Å². The van der Waals surface area contributed by atoms with Crippen LogP contribution in [0.25, 0.3) is 11.1 Å². The Morgan fingerprint density at radius 1 is 1.29 bits per heavy atom. The number of anilines is 1. The molecule has 2 N–H and O–H groups in total. The van der Waals surface area contributed by atoms with E-state index < -0.39 is 5.97 Å². The van der Waals surface area contributed by atoms with Gasteiger partial charge < -0.3 is 10.4 Å². The number of aromatic nitrogens is 1. The van der Waals surface area contributed by atoms with E-state index in [0.717, 1.165) is 41.8 Å². The van der Waals surface area contributed by atoms with Gasteiger partial charge >= 0.3 is 5.97 Å². The van der Waals surface area contributed by atoms with Crippen LogP contribution in [0, 0.1) is 6.92 Å². The quantitative estimate of drug-likeness (QED) is 0.788. The molecule has 0 spiro atoms. The molecule has 4 heteroatoms. The van der Waals surface area contributed by atoms with E-state index in [-0.39, 0.29) is 0 Å². The highest BCUT2D eigenvalue weighted by Gasteiger charge is 2.13. The molecule has 0 saturated carbocycles. The number of carboxylic acid groups (broad SMARTS) is 1. The number of nitrogens with one attached hydrogen (secondary N) is 1. The largest absolute Gasteiger partial charge is 0.478 e. The van der Waals surface area contributed by atoms with Gasteiger partial charge in [-0.05, 0) is 48.7 Å². The summed E-state index contributed by atoms with van der Waals surface area (Å²) in [5.41, 5.74) is 4.20. The van der Waals surface area contributed by atoms with Crippen molar-refractivity contribution in [1.82, 2.24) is 4.98 Å². The van der Waals surface area contributed by atoms with Crippen LogP contribution in [-0.2, 0) is 0 Å². The molecule has 0 saturated heterocycles. The summed E-state index contributed by atoms with van der Waals surface area (Å²) in [5.74, 6) is -0.905. The van der Waals surface area contributed by atoms with Crippen molar-refractivity contribution < 1.29 is 9.90 Å². The fourth-order valence-electron chi connectivity index (χ4n) is 2.35. The molecule has 21 heavy (non-hydrogen) atoms. The lowest BCUT2D eigenvalue weighted by Crippen LogP contribution is -2.06. The van der Waals surface area contributed by atoms with E-state index in [2.05, 4.69) is 17.2 Å². The summed E-state index contributed by atoms with van der Waals surface area (Å²) in [6.07, 6.45) is 5.63. The van der Waals surface area contributed by atoms with Gasteiger partial charge in [0.05, 0.1) is 5.56 Å². The zero-order valence-corrected chi connectivity index (χ0v) is 12.4. The van der Waals surface area contributed by atoms with Crippen molar-refractivity contribution in [3.8, 4) is 11.1 Å². The van der Waals surface area contributed by atoms with Crippen LogP contribution in [-0.4, -0.2) is 22.6 Å². The molecule has 0 aliphatic heterocycles. The number of unbranched alkanes of at least 4 members (excludes halogenated alkanes) is 1. The van der Waals surface area contributed by atoms with E-state index in [1.165, 1.54) is 0 Å². The molecule has 4 nitrogen and oxygen atoms in total. The lowest BCUT2D eigenvalue weighted by molar-refractivity contribution is 0.0697. The number of rotatable bonds is 6. The van der Waals surface area contributed by atoms with Gasteiger partial charge in [-0.2, -0.15) is 0 Å². The molecular weight excluding hydrogens is 264 g/mol. The summed E-state index contributed by atoms with van der Waals surface area (Å²) in [6, 6.07) is 7.30. The van der Waals surface area contributed by atoms with Gasteiger partial charge in [-0.15, -0.1) is 0 Å². The van der Waals surface area contributed by atoms with Crippen LogP contribution in [0.2, 0.25) is 0 Å². The molecule has 0 bridgehead atoms. The van der Waals surface area contributed by atoms with Gasteiger partial charge in [0.15, 0.2) is 0 Å². The third-order valence-corrected chi connectivity index (χ3v) is 3.40. The molecule has 1 aromatic heterocycles. The number of hydrogen-bond acceptors (Lipinski definition) is 3. The summed E-state index contributed by atoms with van der Waals surface area (Å²) in [7, 11) is 0. The minimum absolute atomic E-state index is 0.310. The Morgan fingerprint density at radius 2 is 2.00 bits per heavy atom. The Hall–Kier alpha value is -2.36. The van der Waals surface area contributed by atoms with Crippen LogP contribution in [0.15, 0.2) is 36.7 Å². The van der Waals surface area contributed by atoms with Crippen molar-refractivity contribution in [2.75, 3.05) is 11.9 Å². The van der Waals surface area contributed by atoms with E-state index in [4.69, 9.17) is 0 Å². The summed E-state index contributed by atoms with van der Waals surface area (Å²) in [5, 5.41) is 12.6. The summed E-state index contributed by atoms with van der Waals surface area (Å²) >= 11 is 0. The first-order chi connectivity index (χ1) is 10.1. The lowest BCUT2D eigenvalue weighted by atomic mass is 9.96. The number of aryl methyl sites for hydroxylation is 1. The standard InChI is InChI=1S/C17H20N2O2/c1-3-4-7-19-15-11-14(17(20)21)10-12(2)16(15)13-5-8-18-9-6-13/h5-6,8-11,19H,3-4,7H2,1-2H3,(H,20,21). The molecule has 2 aromatic rings. The maximum absolute atomic E-state index is 11.2. The van der Waals surface area contributed by atoms with Crippen LogP contribution in [0.5, 0.6) is 0 Å². The van der Waals surface area contributed by atoms with Crippen LogP contribution < -0.4 is 5.32 Å². The maximum Gasteiger partial charge on any atom is 0.335 e. The number of carbonyl (C=O) groups is 1. The Morgan fingerprint density at radius 3 is 2.62 bits per heavy atom. The van der Waals surface area contributed by atoms with Gasteiger partial charge in [-0.3, -0.25) is 4.98 Å². The number of nitrogens with zero attached hydrogens (tertiary/aromatic N) is 1. The van der Waals surface area contributed by atoms with Crippen LogP contribution >= 0.6 is 0 Å². The Labute approximate surface area is 124 Å². The molecule has 2 rings (SSSR count). The molecule has 1 heterocycles. The molecule has 0 unspecified atom stereocenters. The molecule has 0 radical (unpaired) electrons. The number of aromatic carboxylic acids is 1. The van der Waals surface area contributed by atoms with E-state index in [1.807, 2.05) is 19.1 Å². The van der Waals surface area contributed by atoms with Crippen molar-refractivity contribution in [2.24, 2.45) is 0 Å². The van der Waals surface area contributed by atoms with Crippen molar-refractivity contribution in [3.63, 3.8) is 0 Å². The maximum atomic E-state index is 11.2. The number of benzene rings is 1. The smallest absolute Gasteiger partial charge is 0.335 e. The summed E-state index contributed by atoms with van der Waals surface area (Å²) in [6.45, 7) is 4.90. The topological polar surface area (TPSA) is 62.2 Å². The fraction of sp³-hybridized carbons (Fsp3) is 0.294. The molecule has 0 aliphatic carbocycles. The average Bonchev–Trinajstić information content (AvgIpc) is 2.48. The van der Waals surface area contributed by atoms with Gasteiger partial charge in [0.1, 0.15) is 0 Å². The normalized spacial score (nSPS) is 10.4. The highest BCUT2D eigenvalue weighted by molar-refractivity contribution is 5.93. The van der Waals surface area contributed by atoms with Gasteiger partial charge in [0.2, 0.25) is 0 Å². The van der Waals surface area contributed by atoms with Crippen LogP contribution in [0.3, 0.4) is 0 Å². The SMILES string of the molecule is CCCCNc1cc(C(=O)O)cc(C)c1-c1ccncc1. The molecular formula is C17H20N2O2. The van der Waals surface area contributed by atoms with Gasteiger partial charge in [-0.25, -0.2) is 4.79 Å². The molecule has 110 valence electrons. The third-order valence-electron chi connectivity index (χ3n) is 3.40. The number of hydrogen-bond donors (Lipinski definition) is 2. The predicted octanol–water partition coefficient (Wildman–Crippen LogP) is 3.97. The molecule has 1 aromatic carbocycles. The number of pyridine rings is 1. The van der Waals surface area contributed by atoms with Crippen LogP contribution in [0.4, 0.5) is 5.69 Å². The first-order valence-corrected chi connectivity index (χ1v) is 7.15. The second-order valence-electron chi connectivity index (χ2n) is 5.04. The van der Waals surface area contributed by atoms with Crippen LogP contribution in [0.1, 0.15) is 35.7 Å². The summed E-state index contributed by atoms with van der Waals surface area (Å²) in [4.78, 5) is 15.3. The second-order valence-corrected chi connectivity index (χ2v) is 5.04. The van der Waals surface area contributed by atoms with Gasteiger partial charge in [-0.1, -0.05) is 13.3 Å². The van der Waals surface area contributed by atoms with Crippen molar-refractivity contribution >= 4 is 11.7 Å². The molecule has 0 fully saturated rings. The zero-order valence-electron chi connectivity index (χ0n) is 12.4. The van der Waals surface area contributed by atoms with Crippen molar-refractivity contribution in [2.45, 2.75) is 26.7 Å². The van der Waals surface area contributed by atoms with Gasteiger partial charge in [0.25, 0.3) is 0 Å². The predicted molar refractivity (Wildman–Crippen MR) is 84.8 cm³/mol. The third kappa shape index (κ3) is 3.60. The Kier molecular flexibility index (Phi) is 4.93. The molecule has 0 amide bonds. The minimum Gasteiger partial charge on any atom is -0.478 e. The number of carboxylic acids is 1. The average molecular weight is 284 g/mol. The minimum atomic E-state index is -0.905. The fourth-order valence-corrected chi connectivity index (χ4v) is 2.35. The first-order valence-electron chi connectivity index (χ1n) is 7.15. The van der Waals surface area contributed by atoms with E-state index >= 15 is 0 Å². The highest BCUT2D eigenvalue weighted by Crippen LogP contribution is 2.32. The Bertz CT molecular complexity index is 624. The Balaban J connectivity index is 2.48. The first kappa shape index (κ1) is 15.0. The van der Waals surface area contributed by atoms with E-state index in [0.29, 0.717) is 5.56 Å². The van der Waals surface area contributed by atoms with E-state index in [9.17, 15) is 9.90 Å². The second kappa shape index (κ2) is 6.88. The van der Waals surface area contributed by atoms with Crippen molar-refractivity contribution in [3.05, 3.63) is 47.8 Å². The highest BCUT2D eigenvalue weighted by atomic mass is 16.4. The monoisotopic (exact) mass is 284 g/mol. The van der Waals surface area contributed by atoms with Gasteiger partial charge in [0, 0.05) is 30.2 Å². The van der Waals surface area contributed by atoms with E-state index in [1.54, 1.807) is 24.5 Å². The lowest BCUT2D eigenvalue weighted by Gasteiger charge is -2.16. The molecule has 0 atom stereocenters.